The Kier molecular flexibility index (Phi) is 10.8. The molecule has 24 heavy (non-hydrogen) atoms. The highest BCUT2D eigenvalue weighted by Gasteiger charge is 2.17. The molecule has 0 saturated heterocycles. The Hall–Kier alpha value is -2.45. The number of aliphatic carboxylic acids is 2. The predicted octanol–water partition coefficient (Wildman–Crippen LogP) is -0.0108. The van der Waals surface area contributed by atoms with Gasteiger partial charge < -0.3 is 26.4 Å². The Balaban J connectivity index is 0.000000441. The van der Waals surface area contributed by atoms with E-state index in [9.17, 15) is 14.4 Å². The highest BCUT2D eigenvalue weighted by atomic mass is 16.4. The average Bonchev–Trinajstić information content (AvgIpc) is 2.54. The Bertz CT molecular complexity index is 521. The van der Waals surface area contributed by atoms with Crippen LogP contribution in [0.15, 0.2) is 30.3 Å². The quantitative estimate of drug-likeness (QED) is 0.446. The van der Waals surface area contributed by atoms with E-state index in [0.717, 1.165) is 5.56 Å². The molecule has 0 aliphatic heterocycles. The van der Waals surface area contributed by atoms with E-state index in [0.29, 0.717) is 12.8 Å². The van der Waals surface area contributed by atoms with Crippen molar-refractivity contribution in [3.8, 4) is 0 Å². The van der Waals surface area contributed by atoms with Gasteiger partial charge in [0.25, 0.3) is 0 Å². The summed E-state index contributed by atoms with van der Waals surface area (Å²) in [4.78, 5) is 31.5. The van der Waals surface area contributed by atoms with Crippen molar-refractivity contribution in [2.45, 2.75) is 38.3 Å². The summed E-state index contributed by atoms with van der Waals surface area (Å²) in [5.41, 5.74) is 6.30. The van der Waals surface area contributed by atoms with E-state index < -0.39 is 30.6 Å². The second kappa shape index (κ2) is 12.0. The molecule has 2 atom stereocenters. The van der Waals surface area contributed by atoms with Gasteiger partial charge in [-0.1, -0.05) is 37.3 Å². The number of aliphatic hydroxyl groups excluding tert-OH is 1. The Morgan fingerprint density at radius 1 is 1.12 bits per heavy atom. The van der Waals surface area contributed by atoms with Gasteiger partial charge in [0.05, 0.1) is 6.61 Å². The third-order valence-electron chi connectivity index (χ3n) is 2.91. The van der Waals surface area contributed by atoms with Crippen LogP contribution in [0.2, 0.25) is 0 Å². The van der Waals surface area contributed by atoms with Gasteiger partial charge in [0.15, 0.2) is 0 Å². The number of aliphatic hydroxyl groups is 1. The fraction of sp³-hybridized carbons (Fsp3) is 0.438. The Labute approximate surface area is 140 Å². The van der Waals surface area contributed by atoms with Crippen molar-refractivity contribution in [1.29, 1.82) is 0 Å². The lowest BCUT2D eigenvalue weighted by molar-refractivity contribution is -0.143. The monoisotopic (exact) mass is 340 g/mol. The van der Waals surface area contributed by atoms with E-state index in [1.165, 1.54) is 0 Å². The zero-order chi connectivity index (χ0) is 18.5. The van der Waals surface area contributed by atoms with Crippen molar-refractivity contribution in [2.24, 2.45) is 5.73 Å². The molecule has 6 N–H and O–H groups in total. The number of carbonyl (C=O) groups is 3. The first-order valence-corrected chi connectivity index (χ1v) is 7.47. The van der Waals surface area contributed by atoms with Crippen LogP contribution >= 0.6 is 0 Å². The lowest BCUT2D eigenvalue weighted by Crippen LogP contribution is -2.43. The van der Waals surface area contributed by atoms with E-state index in [1.54, 1.807) is 0 Å². The van der Waals surface area contributed by atoms with Gasteiger partial charge in [-0.15, -0.1) is 0 Å². The van der Waals surface area contributed by atoms with Gasteiger partial charge in [-0.05, 0) is 18.4 Å². The van der Waals surface area contributed by atoms with Crippen LogP contribution in [0.5, 0.6) is 0 Å². The van der Waals surface area contributed by atoms with Crippen LogP contribution < -0.4 is 11.1 Å². The first-order chi connectivity index (χ1) is 11.3. The van der Waals surface area contributed by atoms with Crippen molar-refractivity contribution in [2.75, 3.05) is 6.61 Å². The molecular weight excluding hydrogens is 316 g/mol. The fourth-order valence-corrected chi connectivity index (χ4v) is 1.63. The Morgan fingerprint density at radius 3 is 2.12 bits per heavy atom. The number of nitrogens with one attached hydrogen (secondary N) is 1. The molecule has 1 rings (SSSR count). The maximum Gasteiger partial charge on any atom is 0.328 e. The van der Waals surface area contributed by atoms with Crippen LogP contribution in [0, 0.1) is 0 Å². The summed E-state index contributed by atoms with van der Waals surface area (Å²) in [7, 11) is 0. The number of rotatable bonds is 8. The molecule has 134 valence electrons. The number of hydrogen-bond acceptors (Lipinski definition) is 5. The summed E-state index contributed by atoms with van der Waals surface area (Å²) in [6.45, 7) is 1.24. The number of carbonyl (C=O) groups excluding carboxylic acids is 1. The smallest absolute Gasteiger partial charge is 0.328 e. The first kappa shape index (κ1) is 21.6. The summed E-state index contributed by atoms with van der Waals surface area (Å²) in [5.74, 6) is -2.53. The standard InChI is InChI=1S/C9H11NO2.C7H13NO4/c10-8(9(11)12)6-7-4-2-1-3-5-7;1-2-3-6(10)8-5(4-9)7(11)12/h1-5,8H,6,10H2,(H,11,12);5,9H,2-4H2,1H3,(H,8,10)(H,11,12). The number of amides is 1. The molecule has 8 heteroatoms. The van der Waals surface area contributed by atoms with Crippen molar-refractivity contribution < 1.29 is 29.7 Å². The maximum absolute atomic E-state index is 10.8. The molecule has 0 aliphatic carbocycles. The topological polar surface area (TPSA) is 150 Å². The minimum Gasteiger partial charge on any atom is -0.480 e. The van der Waals surface area contributed by atoms with Gasteiger partial charge >= 0.3 is 11.9 Å². The van der Waals surface area contributed by atoms with Gasteiger partial charge in [-0.3, -0.25) is 9.59 Å². The third kappa shape index (κ3) is 9.54. The SMILES string of the molecule is CCCC(=O)NC(CO)C(=O)O.NC(Cc1ccccc1)C(=O)O. The second-order valence-corrected chi connectivity index (χ2v) is 5.03. The van der Waals surface area contributed by atoms with Crippen LogP contribution in [-0.2, 0) is 20.8 Å². The molecule has 1 aromatic rings. The number of hydrogen-bond donors (Lipinski definition) is 5. The largest absolute Gasteiger partial charge is 0.480 e. The van der Waals surface area contributed by atoms with E-state index >= 15 is 0 Å². The predicted molar refractivity (Wildman–Crippen MR) is 87.3 cm³/mol. The number of carboxylic acids is 2. The molecule has 0 heterocycles. The molecule has 2 unspecified atom stereocenters. The summed E-state index contributed by atoms with van der Waals surface area (Å²) < 4.78 is 0. The minimum absolute atomic E-state index is 0.282. The number of carboxylic acid groups (broad SMARTS) is 2. The molecule has 1 amide bonds. The van der Waals surface area contributed by atoms with Crippen molar-refractivity contribution >= 4 is 17.8 Å². The van der Waals surface area contributed by atoms with E-state index in [4.69, 9.17) is 21.1 Å². The number of benzene rings is 1. The molecular formula is C16H24N2O6. The zero-order valence-electron chi connectivity index (χ0n) is 13.5. The summed E-state index contributed by atoms with van der Waals surface area (Å²) >= 11 is 0. The molecule has 0 bridgehead atoms. The van der Waals surface area contributed by atoms with Crippen LogP contribution in [0.1, 0.15) is 25.3 Å². The van der Waals surface area contributed by atoms with Crippen LogP contribution in [-0.4, -0.2) is 51.9 Å². The van der Waals surface area contributed by atoms with Crippen molar-refractivity contribution in [3.63, 3.8) is 0 Å². The summed E-state index contributed by atoms with van der Waals surface area (Å²) in [6, 6.07) is 7.37. The van der Waals surface area contributed by atoms with E-state index in [1.807, 2.05) is 37.3 Å². The lowest BCUT2D eigenvalue weighted by atomic mass is 10.1. The molecule has 0 aromatic heterocycles. The van der Waals surface area contributed by atoms with Crippen molar-refractivity contribution in [3.05, 3.63) is 35.9 Å². The fourth-order valence-electron chi connectivity index (χ4n) is 1.63. The third-order valence-corrected chi connectivity index (χ3v) is 2.91. The average molecular weight is 340 g/mol. The van der Waals surface area contributed by atoms with Crippen LogP contribution in [0.3, 0.4) is 0 Å². The molecule has 0 aliphatic rings. The van der Waals surface area contributed by atoms with Gasteiger partial charge in [0.1, 0.15) is 12.1 Å². The summed E-state index contributed by atoms with van der Waals surface area (Å²) in [6.07, 6.45) is 1.32. The normalized spacial score (nSPS) is 12.3. The van der Waals surface area contributed by atoms with Gasteiger partial charge in [-0.25, -0.2) is 4.79 Å². The second-order valence-electron chi connectivity index (χ2n) is 5.03. The molecule has 0 spiro atoms. The zero-order valence-corrected chi connectivity index (χ0v) is 13.5. The van der Waals surface area contributed by atoms with Crippen LogP contribution in [0.4, 0.5) is 0 Å². The molecule has 0 fully saturated rings. The highest BCUT2D eigenvalue weighted by Crippen LogP contribution is 2.01. The van der Waals surface area contributed by atoms with Gasteiger partial charge in [0, 0.05) is 6.42 Å². The molecule has 1 aromatic carbocycles. The first-order valence-electron chi connectivity index (χ1n) is 7.47. The lowest BCUT2D eigenvalue weighted by Gasteiger charge is -2.10. The molecule has 8 nitrogen and oxygen atoms in total. The minimum atomic E-state index is -1.22. The highest BCUT2D eigenvalue weighted by molar-refractivity contribution is 5.83. The molecule has 0 radical (unpaired) electrons. The Morgan fingerprint density at radius 2 is 1.71 bits per heavy atom. The maximum atomic E-state index is 10.8. The van der Waals surface area contributed by atoms with Crippen LogP contribution in [0.25, 0.3) is 0 Å². The van der Waals surface area contributed by atoms with E-state index in [-0.39, 0.29) is 12.3 Å². The summed E-state index contributed by atoms with van der Waals surface area (Å²) in [5, 5.41) is 27.6. The van der Waals surface area contributed by atoms with Crippen molar-refractivity contribution in [1.82, 2.24) is 5.32 Å². The molecule has 0 saturated carbocycles. The van der Waals surface area contributed by atoms with Gasteiger partial charge in [-0.2, -0.15) is 0 Å². The van der Waals surface area contributed by atoms with Gasteiger partial charge in [0.2, 0.25) is 5.91 Å². The number of nitrogens with two attached hydrogens (primary N) is 1. The van der Waals surface area contributed by atoms with E-state index in [2.05, 4.69) is 5.32 Å².